The number of halogens is 1. The summed E-state index contributed by atoms with van der Waals surface area (Å²) in [5.74, 6) is 0. The first-order chi connectivity index (χ1) is 9.33. The van der Waals surface area contributed by atoms with Gasteiger partial charge in [0.05, 0.1) is 5.69 Å². The number of nitrogens with zero attached hydrogens (tertiary/aromatic N) is 1. The molecule has 2 aromatic rings. The summed E-state index contributed by atoms with van der Waals surface area (Å²) in [5, 5.41) is 8.71. The largest absolute Gasteiger partial charge is 0.333 e. The molecule has 1 aromatic heterocycles. The van der Waals surface area contributed by atoms with Crippen molar-refractivity contribution in [2.75, 3.05) is 5.32 Å². The molecule has 1 heterocycles. The lowest BCUT2D eigenvalue weighted by Crippen LogP contribution is -2.43. The Morgan fingerprint density at radius 2 is 1.90 bits per heavy atom. The van der Waals surface area contributed by atoms with E-state index in [0.29, 0.717) is 10.2 Å². The average molecular weight is 310 g/mol. The number of carbonyl (C=O) groups excluding carboxylic acids is 1. The van der Waals surface area contributed by atoms with Crippen molar-refractivity contribution in [2.24, 2.45) is 0 Å². The van der Waals surface area contributed by atoms with E-state index in [2.05, 4.69) is 15.6 Å². The Labute approximate surface area is 127 Å². The van der Waals surface area contributed by atoms with Crippen LogP contribution in [-0.4, -0.2) is 16.6 Å². The van der Waals surface area contributed by atoms with Crippen molar-refractivity contribution >= 4 is 34.1 Å². The van der Waals surface area contributed by atoms with Crippen LogP contribution in [0.1, 0.15) is 20.8 Å². The van der Waals surface area contributed by atoms with Gasteiger partial charge in [-0.2, -0.15) is 0 Å². The van der Waals surface area contributed by atoms with E-state index in [0.717, 1.165) is 11.3 Å². The van der Waals surface area contributed by atoms with E-state index >= 15 is 0 Å². The highest BCUT2D eigenvalue weighted by molar-refractivity contribution is 7.14. The Kier molecular flexibility index (Phi) is 4.30. The van der Waals surface area contributed by atoms with Crippen LogP contribution in [0, 0.1) is 0 Å². The van der Waals surface area contributed by atoms with Gasteiger partial charge in [0, 0.05) is 21.5 Å². The summed E-state index contributed by atoms with van der Waals surface area (Å²) in [4.78, 5) is 16.1. The highest BCUT2D eigenvalue weighted by atomic mass is 35.5. The molecule has 0 radical (unpaired) electrons. The van der Waals surface area contributed by atoms with Crippen molar-refractivity contribution in [1.29, 1.82) is 0 Å². The molecule has 0 bridgehead atoms. The van der Waals surface area contributed by atoms with E-state index in [4.69, 9.17) is 11.6 Å². The number of benzene rings is 1. The summed E-state index contributed by atoms with van der Waals surface area (Å²) in [6.07, 6.45) is 0. The van der Waals surface area contributed by atoms with Gasteiger partial charge in [-0.3, -0.25) is 5.32 Å². The summed E-state index contributed by atoms with van der Waals surface area (Å²) < 4.78 is 0. The summed E-state index contributed by atoms with van der Waals surface area (Å²) in [6.45, 7) is 5.77. The third-order valence-electron chi connectivity index (χ3n) is 2.35. The molecule has 0 aliphatic carbocycles. The van der Waals surface area contributed by atoms with E-state index < -0.39 is 0 Å². The maximum atomic E-state index is 11.7. The van der Waals surface area contributed by atoms with Gasteiger partial charge in [-0.1, -0.05) is 23.7 Å². The molecule has 6 heteroatoms. The number of anilines is 1. The van der Waals surface area contributed by atoms with Crippen LogP contribution in [0.2, 0.25) is 5.02 Å². The summed E-state index contributed by atoms with van der Waals surface area (Å²) in [7, 11) is 0. The molecule has 0 atom stereocenters. The lowest BCUT2D eigenvalue weighted by atomic mass is 10.1. The quantitative estimate of drug-likeness (QED) is 0.864. The van der Waals surface area contributed by atoms with Crippen molar-refractivity contribution in [3.05, 3.63) is 34.7 Å². The summed E-state index contributed by atoms with van der Waals surface area (Å²) in [5.41, 5.74) is 1.51. The van der Waals surface area contributed by atoms with Gasteiger partial charge in [-0.05, 0) is 32.9 Å². The predicted molar refractivity (Wildman–Crippen MR) is 84.5 cm³/mol. The molecule has 1 aromatic carbocycles. The van der Waals surface area contributed by atoms with Crippen molar-refractivity contribution in [3.8, 4) is 11.3 Å². The first kappa shape index (κ1) is 14.8. The number of nitrogens with one attached hydrogen (secondary N) is 2. The van der Waals surface area contributed by atoms with Gasteiger partial charge in [0.25, 0.3) is 0 Å². The van der Waals surface area contributed by atoms with Crippen LogP contribution in [0.3, 0.4) is 0 Å². The lowest BCUT2D eigenvalue weighted by Gasteiger charge is -2.20. The maximum Gasteiger partial charge on any atom is 0.321 e. The van der Waals surface area contributed by atoms with Crippen LogP contribution in [0.25, 0.3) is 11.3 Å². The van der Waals surface area contributed by atoms with Crippen molar-refractivity contribution in [1.82, 2.24) is 10.3 Å². The number of hydrogen-bond acceptors (Lipinski definition) is 3. The minimum Gasteiger partial charge on any atom is -0.333 e. The number of urea groups is 1. The predicted octanol–water partition coefficient (Wildman–Crippen LogP) is 4.38. The fourth-order valence-corrected chi connectivity index (χ4v) is 2.39. The molecule has 2 amide bonds. The molecule has 0 aliphatic rings. The Morgan fingerprint density at radius 1 is 1.25 bits per heavy atom. The molecule has 0 unspecified atom stereocenters. The van der Waals surface area contributed by atoms with Crippen LogP contribution in [-0.2, 0) is 0 Å². The highest BCUT2D eigenvalue weighted by Gasteiger charge is 2.14. The van der Waals surface area contributed by atoms with E-state index in [9.17, 15) is 4.79 Å². The molecule has 2 N–H and O–H groups in total. The molecule has 0 spiro atoms. The van der Waals surface area contributed by atoms with Gasteiger partial charge in [0.15, 0.2) is 5.13 Å². The smallest absolute Gasteiger partial charge is 0.321 e. The van der Waals surface area contributed by atoms with Crippen LogP contribution < -0.4 is 10.6 Å². The molecule has 0 saturated carbocycles. The molecule has 4 nitrogen and oxygen atoms in total. The molecular formula is C14H16ClN3OS. The zero-order chi connectivity index (χ0) is 14.8. The van der Waals surface area contributed by atoms with Crippen molar-refractivity contribution in [2.45, 2.75) is 26.3 Å². The third-order valence-corrected chi connectivity index (χ3v) is 3.36. The molecule has 106 valence electrons. The minimum absolute atomic E-state index is 0.255. The molecule has 0 fully saturated rings. The number of rotatable bonds is 2. The average Bonchev–Trinajstić information content (AvgIpc) is 2.75. The van der Waals surface area contributed by atoms with Gasteiger partial charge in [0.2, 0.25) is 0 Å². The Morgan fingerprint density at radius 3 is 2.50 bits per heavy atom. The third kappa shape index (κ3) is 4.21. The Hall–Kier alpha value is -1.59. The van der Waals surface area contributed by atoms with Gasteiger partial charge in [0.1, 0.15) is 0 Å². The fourth-order valence-electron chi connectivity index (χ4n) is 1.55. The first-order valence-corrected chi connectivity index (χ1v) is 7.40. The van der Waals surface area contributed by atoms with E-state index in [1.54, 1.807) is 0 Å². The zero-order valence-electron chi connectivity index (χ0n) is 11.5. The number of thiazole rings is 1. The van der Waals surface area contributed by atoms with Crippen LogP contribution in [0.5, 0.6) is 0 Å². The van der Waals surface area contributed by atoms with Crippen LogP contribution in [0.4, 0.5) is 9.93 Å². The SMILES string of the molecule is CC(C)(C)NC(=O)Nc1nc(-c2ccc(Cl)cc2)cs1. The Balaban J connectivity index is 2.06. The second-order valence-electron chi connectivity index (χ2n) is 5.37. The molecule has 20 heavy (non-hydrogen) atoms. The second kappa shape index (κ2) is 5.81. The van der Waals surface area contributed by atoms with Gasteiger partial charge in [-0.25, -0.2) is 9.78 Å². The van der Waals surface area contributed by atoms with Gasteiger partial charge < -0.3 is 5.32 Å². The normalized spacial score (nSPS) is 11.2. The molecule has 0 saturated heterocycles. The second-order valence-corrected chi connectivity index (χ2v) is 6.67. The summed E-state index contributed by atoms with van der Waals surface area (Å²) >= 11 is 7.24. The fraction of sp³-hybridized carbons (Fsp3) is 0.286. The molecular weight excluding hydrogens is 294 g/mol. The number of hydrogen-bond donors (Lipinski definition) is 2. The van der Waals surface area contributed by atoms with Crippen LogP contribution >= 0.6 is 22.9 Å². The van der Waals surface area contributed by atoms with Gasteiger partial charge in [-0.15, -0.1) is 11.3 Å². The van der Waals surface area contributed by atoms with Crippen molar-refractivity contribution < 1.29 is 4.79 Å². The monoisotopic (exact) mass is 309 g/mol. The lowest BCUT2D eigenvalue weighted by molar-refractivity contribution is 0.244. The number of carbonyl (C=O) groups is 1. The first-order valence-electron chi connectivity index (χ1n) is 6.14. The zero-order valence-corrected chi connectivity index (χ0v) is 13.1. The Bertz CT molecular complexity index is 602. The van der Waals surface area contributed by atoms with Crippen LogP contribution in [0.15, 0.2) is 29.6 Å². The minimum atomic E-state index is -0.277. The number of aromatic nitrogens is 1. The highest BCUT2D eigenvalue weighted by Crippen LogP contribution is 2.25. The maximum absolute atomic E-state index is 11.7. The molecule has 2 rings (SSSR count). The van der Waals surface area contributed by atoms with E-state index in [1.165, 1.54) is 11.3 Å². The van der Waals surface area contributed by atoms with E-state index in [1.807, 2.05) is 50.4 Å². The number of amides is 2. The standard InChI is InChI=1S/C14H16ClN3OS/c1-14(2,3)18-12(19)17-13-16-11(8-20-13)9-4-6-10(15)7-5-9/h4-8H,1-3H3,(H2,16,17,18,19). The van der Waals surface area contributed by atoms with Gasteiger partial charge >= 0.3 is 6.03 Å². The van der Waals surface area contributed by atoms with Crippen molar-refractivity contribution in [3.63, 3.8) is 0 Å². The topological polar surface area (TPSA) is 54.0 Å². The summed E-state index contributed by atoms with van der Waals surface area (Å²) in [6, 6.07) is 7.17. The molecule has 0 aliphatic heterocycles. The van der Waals surface area contributed by atoms with E-state index in [-0.39, 0.29) is 11.6 Å².